The zero-order chi connectivity index (χ0) is 11.7. The first-order valence-corrected chi connectivity index (χ1v) is 6.58. The highest BCUT2D eigenvalue weighted by Gasteiger charge is 2.40. The van der Waals surface area contributed by atoms with E-state index in [-0.39, 0.29) is 5.41 Å². The summed E-state index contributed by atoms with van der Waals surface area (Å²) in [4.78, 5) is 0. The number of hydrogen-bond donors (Lipinski definition) is 1. The number of furan rings is 1. The first-order valence-electron chi connectivity index (χ1n) is 5.78. The van der Waals surface area contributed by atoms with E-state index < -0.39 is 0 Å². The zero-order valence-corrected chi connectivity index (χ0v) is 11.0. The molecule has 1 fully saturated rings. The first kappa shape index (κ1) is 11.1. The summed E-state index contributed by atoms with van der Waals surface area (Å²) in [5.74, 6) is 1.06. The van der Waals surface area contributed by atoms with E-state index in [0.29, 0.717) is 0 Å². The van der Waals surface area contributed by atoms with E-state index >= 15 is 0 Å². The van der Waals surface area contributed by atoms with Crippen LogP contribution in [0.2, 0.25) is 0 Å². The van der Waals surface area contributed by atoms with Gasteiger partial charge in [-0.1, -0.05) is 34.1 Å². The van der Waals surface area contributed by atoms with Gasteiger partial charge in [0.15, 0.2) is 0 Å². The minimum Gasteiger partial charge on any atom is -0.469 e. The highest BCUT2D eigenvalue weighted by molar-refractivity contribution is 9.10. The monoisotopic (exact) mass is 291 g/mol. The van der Waals surface area contributed by atoms with Crippen LogP contribution in [0.3, 0.4) is 0 Å². The summed E-state index contributed by atoms with van der Waals surface area (Å²) >= 11 is 3.65. The highest BCUT2D eigenvalue weighted by Crippen LogP contribution is 2.36. The van der Waals surface area contributed by atoms with Crippen LogP contribution in [0.4, 0.5) is 0 Å². The standard InChI is InChI=1S/C14H14BrNO/c15-13-6-2-1-5-12(13)14(9-16-10-14)8-11-4-3-7-17-11/h1-7,16H,8-10H2. The van der Waals surface area contributed by atoms with E-state index in [1.165, 1.54) is 10.0 Å². The fraction of sp³-hybridized carbons (Fsp3) is 0.286. The summed E-state index contributed by atoms with van der Waals surface area (Å²) in [6, 6.07) is 12.5. The van der Waals surface area contributed by atoms with E-state index in [4.69, 9.17) is 4.42 Å². The lowest BCUT2D eigenvalue weighted by Crippen LogP contribution is -2.58. The van der Waals surface area contributed by atoms with Crippen LogP contribution >= 0.6 is 15.9 Å². The van der Waals surface area contributed by atoms with Gasteiger partial charge in [0.05, 0.1) is 6.26 Å². The molecule has 0 atom stereocenters. The molecule has 0 aliphatic carbocycles. The molecule has 2 aromatic rings. The Morgan fingerprint density at radius 3 is 2.59 bits per heavy atom. The van der Waals surface area contributed by atoms with Crippen molar-refractivity contribution in [3.63, 3.8) is 0 Å². The molecular weight excluding hydrogens is 278 g/mol. The van der Waals surface area contributed by atoms with Gasteiger partial charge in [0.25, 0.3) is 0 Å². The fourth-order valence-corrected chi connectivity index (χ4v) is 3.18. The number of benzene rings is 1. The molecule has 0 bridgehead atoms. The minimum absolute atomic E-state index is 0.179. The summed E-state index contributed by atoms with van der Waals surface area (Å²) in [6.45, 7) is 2.02. The van der Waals surface area contributed by atoms with Crippen molar-refractivity contribution in [2.75, 3.05) is 13.1 Å². The molecule has 0 radical (unpaired) electrons. The molecule has 2 heterocycles. The summed E-state index contributed by atoms with van der Waals surface area (Å²) < 4.78 is 6.67. The first-order chi connectivity index (χ1) is 8.30. The Hall–Kier alpha value is -1.06. The molecule has 1 aromatic heterocycles. The van der Waals surface area contributed by atoms with Gasteiger partial charge in [0.2, 0.25) is 0 Å². The quantitative estimate of drug-likeness (QED) is 0.940. The lowest BCUT2D eigenvalue weighted by molar-refractivity contribution is 0.257. The summed E-state index contributed by atoms with van der Waals surface area (Å²) in [5.41, 5.74) is 1.55. The molecule has 0 unspecified atom stereocenters. The van der Waals surface area contributed by atoms with Gasteiger partial charge in [-0.3, -0.25) is 0 Å². The normalized spacial score (nSPS) is 17.7. The fourth-order valence-electron chi connectivity index (χ4n) is 2.48. The van der Waals surface area contributed by atoms with Gasteiger partial charge < -0.3 is 9.73 Å². The Labute approximate surface area is 109 Å². The van der Waals surface area contributed by atoms with E-state index in [0.717, 1.165) is 25.3 Å². The third-order valence-electron chi connectivity index (χ3n) is 3.46. The van der Waals surface area contributed by atoms with Gasteiger partial charge in [0, 0.05) is 29.4 Å². The number of rotatable bonds is 3. The molecule has 17 heavy (non-hydrogen) atoms. The molecule has 0 spiro atoms. The maximum Gasteiger partial charge on any atom is 0.104 e. The molecule has 0 saturated carbocycles. The van der Waals surface area contributed by atoms with E-state index in [9.17, 15) is 0 Å². The van der Waals surface area contributed by atoms with Gasteiger partial charge in [-0.15, -0.1) is 0 Å². The Bertz CT molecular complexity index is 503. The molecule has 3 rings (SSSR count). The average Bonchev–Trinajstić information content (AvgIpc) is 2.77. The van der Waals surface area contributed by atoms with E-state index in [1.54, 1.807) is 6.26 Å². The molecule has 88 valence electrons. The van der Waals surface area contributed by atoms with Crippen LogP contribution in [0.5, 0.6) is 0 Å². The van der Waals surface area contributed by atoms with Crippen molar-refractivity contribution in [1.82, 2.24) is 5.32 Å². The third kappa shape index (κ3) is 1.94. The lowest BCUT2D eigenvalue weighted by atomic mass is 9.72. The van der Waals surface area contributed by atoms with Crippen LogP contribution < -0.4 is 5.32 Å². The smallest absolute Gasteiger partial charge is 0.104 e. The SMILES string of the molecule is Brc1ccccc1C1(Cc2ccco2)CNC1. The maximum absolute atomic E-state index is 5.48. The predicted octanol–water partition coefficient (Wildman–Crippen LogP) is 3.13. The van der Waals surface area contributed by atoms with Crippen LogP contribution in [-0.2, 0) is 11.8 Å². The van der Waals surface area contributed by atoms with Crippen molar-refractivity contribution in [2.24, 2.45) is 0 Å². The molecular formula is C14H14BrNO. The molecule has 0 amide bonds. The average molecular weight is 292 g/mol. The van der Waals surface area contributed by atoms with Crippen molar-refractivity contribution in [3.8, 4) is 0 Å². The Kier molecular flexibility index (Phi) is 2.81. The van der Waals surface area contributed by atoms with Crippen LogP contribution in [0.25, 0.3) is 0 Å². The van der Waals surface area contributed by atoms with E-state index in [2.05, 4.69) is 51.6 Å². The highest BCUT2D eigenvalue weighted by atomic mass is 79.9. The predicted molar refractivity (Wildman–Crippen MR) is 71.1 cm³/mol. The second-order valence-corrected chi connectivity index (χ2v) is 5.47. The zero-order valence-electron chi connectivity index (χ0n) is 9.45. The number of hydrogen-bond acceptors (Lipinski definition) is 2. The van der Waals surface area contributed by atoms with Gasteiger partial charge in [-0.25, -0.2) is 0 Å². The van der Waals surface area contributed by atoms with Crippen molar-refractivity contribution < 1.29 is 4.42 Å². The Morgan fingerprint density at radius 2 is 2.00 bits per heavy atom. The molecule has 3 heteroatoms. The summed E-state index contributed by atoms with van der Waals surface area (Å²) in [7, 11) is 0. The van der Waals surface area contributed by atoms with Crippen LogP contribution in [0.1, 0.15) is 11.3 Å². The van der Waals surface area contributed by atoms with Gasteiger partial charge in [0.1, 0.15) is 5.76 Å². The van der Waals surface area contributed by atoms with Gasteiger partial charge in [-0.2, -0.15) is 0 Å². The summed E-state index contributed by atoms with van der Waals surface area (Å²) in [5, 5.41) is 3.38. The second-order valence-electron chi connectivity index (χ2n) is 4.62. The third-order valence-corrected chi connectivity index (χ3v) is 4.16. The molecule has 1 aliphatic rings. The van der Waals surface area contributed by atoms with Gasteiger partial charge >= 0.3 is 0 Å². The number of halogens is 1. The maximum atomic E-state index is 5.48. The van der Waals surface area contributed by atoms with Crippen molar-refractivity contribution >= 4 is 15.9 Å². The van der Waals surface area contributed by atoms with E-state index in [1.807, 2.05) is 6.07 Å². The Balaban J connectivity index is 1.95. The largest absolute Gasteiger partial charge is 0.469 e. The number of nitrogens with one attached hydrogen (secondary N) is 1. The van der Waals surface area contributed by atoms with Crippen molar-refractivity contribution in [3.05, 3.63) is 58.5 Å². The molecule has 1 saturated heterocycles. The van der Waals surface area contributed by atoms with Gasteiger partial charge in [-0.05, 0) is 23.8 Å². The second kappa shape index (κ2) is 4.31. The molecule has 1 aromatic carbocycles. The van der Waals surface area contributed by atoms with Crippen molar-refractivity contribution in [1.29, 1.82) is 0 Å². The van der Waals surface area contributed by atoms with Crippen LogP contribution in [0.15, 0.2) is 51.6 Å². The Morgan fingerprint density at radius 1 is 1.18 bits per heavy atom. The van der Waals surface area contributed by atoms with Crippen LogP contribution in [-0.4, -0.2) is 13.1 Å². The minimum atomic E-state index is 0.179. The molecule has 2 nitrogen and oxygen atoms in total. The molecule has 1 aliphatic heterocycles. The summed E-state index contributed by atoms with van der Waals surface area (Å²) in [6.07, 6.45) is 2.70. The van der Waals surface area contributed by atoms with Crippen molar-refractivity contribution in [2.45, 2.75) is 11.8 Å². The molecule has 1 N–H and O–H groups in total. The lowest BCUT2D eigenvalue weighted by Gasteiger charge is -2.43. The van der Waals surface area contributed by atoms with Crippen LogP contribution in [0, 0.1) is 0 Å². The topological polar surface area (TPSA) is 25.2 Å².